The molecule has 8 heteroatoms. The van der Waals surface area contributed by atoms with Crippen molar-refractivity contribution in [3.63, 3.8) is 0 Å². The van der Waals surface area contributed by atoms with E-state index in [9.17, 15) is 14.3 Å². The van der Waals surface area contributed by atoms with Gasteiger partial charge >= 0.3 is 13.1 Å². The number of likely N-dealkylation sites (tertiary alicyclic amines) is 1. The molecule has 1 saturated heterocycles. The first-order valence-corrected chi connectivity index (χ1v) is 10.7. The number of hydrogen-bond donors (Lipinski definition) is 4. The smallest absolute Gasteiger partial charge is 0.451 e. The van der Waals surface area contributed by atoms with Crippen molar-refractivity contribution in [1.29, 1.82) is 0 Å². The van der Waals surface area contributed by atoms with Gasteiger partial charge in [-0.3, -0.25) is 9.69 Å². The van der Waals surface area contributed by atoms with Crippen LogP contribution in [0.2, 0.25) is 6.32 Å². The molecular formula is C21H32BFN2O4. The third kappa shape index (κ3) is 5.17. The molecule has 1 heterocycles. The van der Waals surface area contributed by atoms with Crippen LogP contribution < -0.4 is 5.73 Å². The molecule has 1 aliphatic heterocycles. The number of carbonyl (C=O) groups is 1. The number of nitrogens with zero attached hydrogens (tertiary/aromatic N) is 1. The Kier molecular flexibility index (Phi) is 7.32. The number of aryl methyl sites for hydroxylation is 1. The van der Waals surface area contributed by atoms with E-state index in [4.69, 9.17) is 15.8 Å². The van der Waals surface area contributed by atoms with E-state index in [0.717, 1.165) is 37.9 Å². The van der Waals surface area contributed by atoms with Crippen LogP contribution >= 0.6 is 0 Å². The van der Waals surface area contributed by atoms with Gasteiger partial charge in [-0.25, -0.2) is 4.39 Å². The second-order valence-electron chi connectivity index (χ2n) is 8.63. The summed E-state index contributed by atoms with van der Waals surface area (Å²) < 4.78 is 13.8. The number of benzene rings is 1. The van der Waals surface area contributed by atoms with E-state index < -0.39 is 18.6 Å². The minimum atomic E-state index is -1.36. The fourth-order valence-corrected chi connectivity index (χ4v) is 5.08. The molecule has 0 bridgehead atoms. The van der Waals surface area contributed by atoms with Crippen molar-refractivity contribution < 1.29 is 24.3 Å². The number of rotatable bonds is 8. The van der Waals surface area contributed by atoms with Crippen molar-refractivity contribution in [2.75, 3.05) is 13.1 Å². The van der Waals surface area contributed by atoms with Gasteiger partial charge in [0.1, 0.15) is 11.4 Å². The number of aliphatic carboxylic acids is 1. The molecule has 0 amide bonds. The maximum absolute atomic E-state index is 13.8. The summed E-state index contributed by atoms with van der Waals surface area (Å²) in [6.45, 7) is 1.51. The molecule has 3 rings (SSSR count). The molecule has 0 spiro atoms. The average Bonchev–Trinajstić information content (AvgIpc) is 2.70. The Morgan fingerprint density at radius 2 is 1.97 bits per heavy atom. The summed E-state index contributed by atoms with van der Waals surface area (Å²) in [4.78, 5) is 14.3. The van der Waals surface area contributed by atoms with Gasteiger partial charge in [-0.1, -0.05) is 18.9 Å². The number of halogens is 1. The maximum Gasteiger partial charge on any atom is 0.451 e. The highest BCUT2D eigenvalue weighted by atomic mass is 19.1. The molecule has 5 N–H and O–H groups in total. The second kappa shape index (κ2) is 9.56. The minimum Gasteiger partial charge on any atom is -0.480 e. The van der Waals surface area contributed by atoms with Crippen molar-refractivity contribution in [1.82, 2.24) is 4.90 Å². The number of carboxylic acids is 1. The van der Waals surface area contributed by atoms with E-state index in [1.54, 1.807) is 6.07 Å². The van der Waals surface area contributed by atoms with E-state index in [2.05, 4.69) is 4.90 Å². The van der Waals surface area contributed by atoms with Crippen LogP contribution in [0.25, 0.3) is 0 Å². The van der Waals surface area contributed by atoms with Gasteiger partial charge in [-0.2, -0.15) is 0 Å². The van der Waals surface area contributed by atoms with Crippen molar-refractivity contribution in [2.24, 2.45) is 11.7 Å². The molecular weight excluding hydrogens is 374 g/mol. The van der Waals surface area contributed by atoms with Gasteiger partial charge in [-0.05, 0) is 87.1 Å². The summed E-state index contributed by atoms with van der Waals surface area (Å²) in [7, 11) is -1.36. The molecule has 2 aliphatic rings. The number of carboxylic acid groups (broad SMARTS) is 1. The number of unbranched alkanes of at least 4 members (excludes halogenated alkanes) is 1. The molecule has 2 unspecified atom stereocenters. The highest BCUT2D eigenvalue weighted by Gasteiger charge is 2.43. The lowest BCUT2D eigenvalue weighted by molar-refractivity contribution is -0.147. The molecule has 1 fully saturated rings. The van der Waals surface area contributed by atoms with E-state index in [1.807, 2.05) is 6.07 Å². The van der Waals surface area contributed by atoms with Gasteiger partial charge in [-0.15, -0.1) is 0 Å². The Labute approximate surface area is 172 Å². The Bertz CT molecular complexity index is 712. The minimum absolute atomic E-state index is 0.120. The van der Waals surface area contributed by atoms with Gasteiger partial charge in [0.15, 0.2) is 0 Å². The quantitative estimate of drug-likeness (QED) is 0.390. The summed E-state index contributed by atoms with van der Waals surface area (Å²) >= 11 is 0. The van der Waals surface area contributed by atoms with Gasteiger partial charge in [0.25, 0.3) is 0 Å². The topological polar surface area (TPSA) is 107 Å². The molecule has 1 aromatic carbocycles. The van der Waals surface area contributed by atoms with Gasteiger partial charge in [0.2, 0.25) is 0 Å². The third-order valence-corrected chi connectivity index (χ3v) is 6.79. The number of hydrogen-bond acceptors (Lipinski definition) is 5. The van der Waals surface area contributed by atoms with Crippen LogP contribution in [0.4, 0.5) is 4.39 Å². The van der Waals surface area contributed by atoms with Crippen molar-refractivity contribution in [2.45, 2.75) is 69.3 Å². The fourth-order valence-electron chi connectivity index (χ4n) is 5.08. The number of piperidine rings is 1. The lowest BCUT2D eigenvalue weighted by Gasteiger charge is -2.44. The van der Waals surface area contributed by atoms with Crippen LogP contribution in [0.15, 0.2) is 18.2 Å². The van der Waals surface area contributed by atoms with Crippen LogP contribution in [0.1, 0.15) is 62.1 Å². The molecule has 0 saturated carbocycles. The first kappa shape index (κ1) is 22.2. The highest BCUT2D eigenvalue weighted by molar-refractivity contribution is 6.40. The van der Waals surface area contributed by atoms with E-state index in [0.29, 0.717) is 32.1 Å². The summed E-state index contributed by atoms with van der Waals surface area (Å²) in [6.07, 6.45) is 6.11. The first-order valence-electron chi connectivity index (χ1n) is 10.7. The summed E-state index contributed by atoms with van der Waals surface area (Å²) in [6, 6.07) is 5.27. The summed E-state index contributed by atoms with van der Waals surface area (Å²) in [5.74, 6) is -1.30. The van der Waals surface area contributed by atoms with Crippen molar-refractivity contribution >= 4 is 13.1 Å². The molecule has 0 aromatic heterocycles. The molecule has 160 valence electrons. The van der Waals surface area contributed by atoms with E-state index >= 15 is 0 Å². The zero-order valence-electron chi connectivity index (χ0n) is 16.9. The normalized spacial score (nSPS) is 22.7. The van der Waals surface area contributed by atoms with Crippen molar-refractivity contribution in [3.8, 4) is 0 Å². The summed E-state index contributed by atoms with van der Waals surface area (Å²) in [5, 5.41) is 27.7. The Hall–Kier alpha value is -1.48. The summed E-state index contributed by atoms with van der Waals surface area (Å²) in [5.41, 5.74) is 7.37. The largest absolute Gasteiger partial charge is 0.480 e. The van der Waals surface area contributed by atoms with Crippen LogP contribution in [-0.4, -0.2) is 51.8 Å². The fraction of sp³-hybridized carbons (Fsp3) is 0.667. The monoisotopic (exact) mass is 406 g/mol. The molecule has 1 aliphatic carbocycles. The molecule has 6 nitrogen and oxygen atoms in total. The number of nitrogens with two attached hydrogens (primary N) is 1. The van der Waals surface area contributed by atoms with Gasteiger partial charge < -0.3 is 20.9 Å². The van der Waals surface area contributed by atoms with Gasteiger partial charge in [0, 0.05) is 6.04 Å². The Morgan fingerprint density at radius 1 is 1.24 bits per heavy atom. The number of fused-ring (bicyclic) bond motifs is 1. The molecule has 1 aromatic rings. The van der Waals surface area contributed by atoms with Crippen LogP contribution in [-0.2, 0) is 11.2 Å². The predicted octanol–water partition coefficient (Wildman–Crippen LogP) is 2.34. The zero-order valence-corrected chi connectivity index (χ0v) is 16.9. The van der Waals surface area contributed by atoms with Crippen LogP contribution in [0.5, 0.6) is 0 Å². The van der Waals surface area contributed by atoms with Crippen LogP contribution in [0.3, 0.4) is 0 Å². The molecule has 29 heavy (non-hydrogen) atoms. The Morgan fingerprint density at radius 3 is 2.62 bits per heavy atom. The highest BCUT2D eigenvalue weighted by Crippen LogP contribution is 2.39. The van der Waals surface area contributed by atoms with Gasteiger partial charge in [0.05, 0.1) is 0 Å². The standard InChI is InChI=1S/C21H32BFN2O4/c23-17-7-6-15-4-3-5-19(18(15)14-17)25-12-8-16(9-13-25)21(24,20(26)27)10-1-2-11-22(28)29/h6-7,14,16,19,28-29H,1-5,8-13,24H2,(H,26,27). The first-order chi connectivity index (χ1) is 13.8. The van der Waals surface area contributed by atoms with Crippen molar-refractivity contribution in [3.05, 3.63) is 35.1 Å². The van der Waals surface area contributed by atoms with Crippen LogP contribution in [0, 0.1) is 11.7 Å². The maximum atomic E-state index is 13.8. The zero-order chi connectivity index (χ0) is 21.0. The van der Waals surface area contributed by atoms with E-state index in [1.165, 1.54) is 11.6 Å². The Balaban J connectivity index is 1.62. The molecule has 0 radical (unpaired) electrons. The lowest BCUT2D eigenvalue weighted by atomic mass is 9.73. The SMILES string of the molecule is NC(CCCCB(O)O)(C(=O)O)C1CCN(C2CCCc3ccc(F)cc32)CC1. The third-order valence-electron chi connectivity index (χ3n) is 6.79. The second-order valence-corrected chi connectivity index (χ2v) is 8.63. The average molecular weight is 406 g/mol. The van der Waals surface area contributed by atoms with E-state index in [-0.39, 0.29) is 24.1 Å². The predicted molar refractivity (Wildman–Crippen MR) is 110 cm³/mol. The lowest BCUT2D eigenvalue weighted by Crippen LogP contribution is -2.57. The molecule has 2 atom stereocenters.